The van der Waals surface area contributed by atoms with Crippen molar-refractivity contribution >= 4 is 0 Å². The Hall–Kier alpha value is -0.0800. The topological polar surface area (TPSA) is 15.1 Å². The molecule has 0 aromatic heterocycles. The smallest absolute Gasteiger partial charge is 0.149 e. The molecule has 0 spiro atoms. The zero-order chi connectivity index (χ0) is 7.82. The summed E-state index contributed by atoms with van der Waals surface area (Å²) in [6, 6.07) is 0. The molecule has 0 N–H and O–H groups in total. The van der Waals surface area contributed by atoms with E-state index in [9.17, 15) is 0 Å². The van der Waals surface area contributed by atoms with Gasteiger partial charge in [0.1, 0.15) is 6.61 Å². The Morgan fingerprint density at radius 2 is 1.50 bits per heavy atom. The molecule has 2 nitrogen and oxygen atoms in total. The predicted molar refractivity (Wildman–Crippen MR) is 44.1 cm³/mol. The summed E-state index contributed by atoms with van der Waals surface area (Å²) in [6.45, 7) is 9.27. The van der Waals surface area contributed by atoms with Gasteiger partial charge in [-0.25, -0.2) is 0 Å². The van der Waals surface area contributed by atoms with E-state index in [1.807, 2.05) is 12.0 Å². The standard InChI is InChI=1S/C8H19NO/c1-4-7-9(8-5-2)10-6-3/h4-8H2,1-3H3/q+1. The Balaban J connectivity index is 3.30. The quantitative estimate of drug-likeness (QED) is 0.411. The van der Waals surface area contributed by atoms with E-state index in [0.717, 1.165) is 19.7 Å². The van der Waals surface area contributed by atoms with Crippen molar-refractivity contribution in [3.63, 3.8) is 0 Å². The molecule has 1 radical (unpaired) electrons. The van der Waals surface area contributed by atoms with Crippen LogP contribution in [0.1, 0.15) is 33.6 Å². The van der Waals surface area contributed by atoms with Crippen LogP contribution in [0.25, 0.3) is 0 Å². The Bertz CT molecular complexity index is 52.0. The van der Waals surface area contributed by atoms with Crippen LogP contribution in [0.5, 0.6) is 0 Å². The second kappa shape index (κ2) is 7.03. The van der Waals surface area contributed by atoms with Gasteiger partial charge in [0.15, 0.2) is 13.1 Å². The third kappa shape index (κ3) is 4.77. The van der Waals surface area contributed by atoms with Crippen LogP contribution in [0.15, 0.2) is 0 Å². The van der Waals surface area contributed by atoms with Gasteiger partial charge >= 0.3 is 0 Å². The number of rotatable bonds is 6. The molecule has 61 valence electrons. The summed E-state index contributed by atoms with van der Waals surface area (Å²) >= 11 is 0. The first-order valence-electron chi connectivity index (χ1n) is 4.23. The van der Waals surface area contributed by atoms with Gasteiger partial charge in [-0.1, -0.05) is 13.8 Å². The van der Waals surface area contributed by atoms with Crippen molar-refractivity contribution < 1.29 is 4.84 Å². The van der Waals surface area contributed by atoms with E-state index in [1.165, 1.54) is 12.8 Å². The van der Waals surface area contributed by atoms with Gasteiger partial charge in [0.05, 0.1) is 0 Å². The minimum absolute atomic E-state index is 0.792. The molecule has 0 saturated carbocycles. The molecule has 0 rings (SSSR count). The van der Waals surface area contributed by atoms with Gasteiger partial charge in [0.2, 0.25) is 0 Å². The third-order valence-electron chi connectivity index (χ3n) is 1.26. The average molecular weight is 145 g/mol. The molecule has 0 aromatic carbocycles. The second-order valence-corrected chi connectivity index (χ2v) is 2.35. The molecule has 0 heterocycles. The van der Waals surface area contributed by atoms with E-state index in [-0.39, 0.29) is 0 Å². The zero-order valence-corrected chi connectivity index (χ0v) is 7.39. The van der Waals surface area contributed by atoms with Crippen molar-refractivity contribution in [2.45, 2.75) is 33.6 Å². The fourth-order valence-electron chi connectivity index (χ4n) is 0.922. The zero-order valence-electron chi connectivity index (χ0n) is 7.39. The molecule has 0 atom stereocenters. The van der Waals surface area contributed by atoms with Crippen LogP contribution in [-0.2, 0) is 4.84 Å². The van der Waals surface area contributed by atoms with E-state index in [1.54, 1.807) is 0 Å². The maximum absolute atomic E-state index is 5.36. The van der Waals surface area contributed by atoms with Crippen LogP contribution in [0.2, 0.25) is 0 Å². The highest BCUT2D eigenvalue weighted by molar-refractivity contribution is 4.47. The van der Waals surface area contributed by atoms with Crippen molar-refractivity contribution in [1.29, 1.82) is 0 Å². The number of hydrogen-bond acceptors (Lipinski definition) is 2. The van der Waals surface area contributed by atoms with Crippen LogP contribution in [0, 0.1) is 0 Å². The molecule has 0 amide bonds. The fraction of sp³-hybridized carbons (Fsp3) is 1.00. The minimum atomic E-state index is 0.792. The van der Waals surface area contributed by atoms with Crippen molar-refractivity contribution in [2.75, 3.05) is 19.7 Å². The van der Waals surface area contributed by atoms with E-state index in [2.05, 4.69) is 13.8 Å². The molecular weight excluding hydrogens is 126 g/mol. The third-order valence-corrected chi connectivity index (χ3v) is 1.26. The predicted octanol–water partition coefficient (Wildman–Crippen LogP) is 1.90. The van der Waals surface area contributed by atoms with Crippen molar-refractivity contribution in [3.05, 3.63) is 0 Å². The second-order valence-electron chi connectivity index (χ2n) is 2.35. The lowest BCUT2D eigenvalue weighted by atomic mass is 10.4. The van der Waals surface area contributed by atoms with Gasteiger partial charge in [-0.05, 0) is 12.0 Å². The van der Waals surface area contributed by atoms with Crippen LogP contribution in [-0.4, -0.2) is 19.7 Å². The first kappa shape index (κ1) is 9.92. The largest absolute Gasteiger partial charge is 0.159 e. The average Bonchev–Trinajstić information content (AvgIpc) is 1.90. The van der Waals surface area contributed by atoms with Crippen molar-refractivity contribution in [1.82, 2.24) is 5.06 Å². The summed E-state index contributed by atoms with van der Waals surface area (Å²) in [5.41, 5.74) is 0. The molecule has 0 aromatic rings. The Kier molecular flexibility index (Phi) is 6.98. The molecule has 0 aliphatic rings. The van der Waals surface area contributed by atoms with Crippen LogP contribution in [0.4, 0.5) is 0 Å². The molecule has 10 heavy (non-hydrogen) atoms. The molecule has 0 fully saturated rings. The maximum atomic E-state index is 5.36. The van der Waals surface area contributed by atoms with Crippen LogP contribution < -0.4 is 5.06 Å². The summed E-state index contributed by atoms with van der Waals surface area (Å²) in [7, 11) is 0. The lowest BCUT2D eigenvalue weighted by Crippen LogP contribution is -2.31. The highest BCUT2D eigenvalue weighted by Crippen LogP contribution is 1.90. The Morgan fingerprint density at radius 1 is 1.00 bits per heavy atom. The highest BCUT2D eigenvalue weighted by atomic mass is 16.7. The molecule has 0 aliphatic heterocycles. The summed E-state index contributed by atoms with van der Waals surface area (Å²) in [6.07, 6.45) is 2.33. The summed E-state index contributed by atoms with van der Waals surface area (Å²) < 4.78 is 0. The van der Waals surface area contributed by atoms with E-state index in [4.69, 9.17) is 4.84 Å². The van der Waals surface area contributed by atoms with Gasteiger partial charge < -0.3 is 0 Å². The van der Waals surface area contributed by atoms with Crippen molar-refractivity contribution in [2.24, 2.45) is 0 Å². The van der Waals surface area contributed by atoms with Crippen LogP contribution in [0.3, 0.4) is 0 Å². The summed E-state index contributed by atoms with van der Waals surface area (Å²) in [4.78, 5) is 5.36. The van der Waals surface area contributed by atoms with E-state index < -0.39 is 0 Å². The number of hydrogen-bond donors (Lipinski definition) is 0. The Labute approximate surface area is 64.1 Å². The van der Waals surface area contributed by atoms with Gasteiger partial charge in [0.25, 0.3) is 0 Å². The monoisotopic (exact) mass is 145 g/mol. The molecule has 0 aliphatic carbocycles. The summed E-state index contributed by atoms with van der Waals surface area (Å²) in [5.74, 6) is 0. The summed E-state index contributed by atoms with van der Waals surface area (Å²) in [5, 5.41) is 2.04. The number of hydroxylamine groups is 2. The molecule has 0 unspecified atom stereocenters. The van der Waals surface area contributed by atoms with Crippen LogP contribution >= 0.6 is 0 Å². The molecule has 0 saturated heterocycles. The molecule has 2 heteroatoms. The fourth-order valence-corrected chi connectivity index (χ4v) is 0.922. The Morgan fingerprint density at radius 3 is 1.80 bits per heavy atom. The number of nitrogens with zero attached hydrogens (tertiary/aromatic N) is 1. The normalized spacial score (nSPS) is 10.8. The minimum Gasteiger partial charge on any atom is -0.149 e. The first-order chi connectivity index (χ1) is 4.85. The molecular formula is C8H19NO+. The first-order valence-corrected chi connectivity index (χ1v) is 4.23. The molecule has 0 bridgehead atoms. The van der Waals surface area contributed by atoms with E-state index >= 15 is 0 Å². The van der Waals surface area contributed by atoms with Gasteiger partial charge in [-0.2, -0.15) is 0 Å². The highest BCUT2D eigenvalue weighted by Gasteiger charge is 2.11. The van der Waals surface area contributed by atoms with E-state index in [0.29, 0.717) is 0 Å². The van der Waals surface area contributed by atoms with Gasteiger partial charge in [0, 0.05) is 12.8 Å². The SMILES string of the molecule is CCC[N+](CCC)OCC. The van der Waals surface area contributed by atoms with Crippen molar-refractivity contribution in [3.8, 4) is 0 Å². The van der Waals surface area contributed by atoms with Gasteiger partial charge in [-0.15, -0.1) is 4.84 Å². The maximum Gasteiger partial charge on any atom is 0.159 e. The van der Waals surface area contributed by atoms with Gasteiger partial charge in [-0.3, -0.25) is 0 Å². The lowest BCUT2D eigenvalue weighted by molar-refractivity contribution is -0.0650. The lowest BCUT2D eigenvalue weighted by Gasteiger charge is -2.05.